The first kappa shape index (κ1) is 14.9. The first-order chi connectivity index (χ1) is 10.3. The minimum absolute atomic E-state index is 0.205. The molecule has 2 rings (SSSR count). The summed E-state index contributed by atoms with van der Waals surface area (Å²) < 4.78 is 10.5. The maximum atomic E-state index is 11.8. The van der Waals surface area contributed by atoms with E-state index in [1.807, 2.05) is 79.7 Å². The Hall–Kier alpha value is -2.55. The maximum absolute atomic E-state index is 11.8. The summed E-state index contributed by atoms with van der Waals surface area (Å²) in [5.41, 5.74) is 1.84. The smallest absolute Gasteiger partial charge is 0.429 e. The number of hydrogen-bond donors (Lipinski definition) is 0. The Morgan fingerprint density at radius 2 is 1.67 bits per heavy atom. The van der Waals surface area contributed by atoms with Gasteiger partial charge in [0.05, 0.1) is 0 Å². The van der Waals surface area contributed by atoms with Crippen LogP contribution in [0.3, 0.4) is 0 Å². The molecular formula is C18H18O3. The molecule has 0 saturated carbocycles. The van der Waals surface area contributed by atoms with Gasteiger partial charge in [0.15, 0.2) is 0 Å². The van der Waals surface area contributed by atoms with Crippen LogP contribution >= 0.6 is 0 Å². The lowest BCUT2D eigenvalue weighted by molar-refractivity contribution is 0.0318. The molecule has 0 unspecified atom stereocenters. The third kappa shape index (κ3) is 4.80. The zero-order valence-electron chi connectivity index (χ0n) is 11.9. The van der Waals surface area contributed by atoms with Crippen molar-refractivity contribution in [2.45, 2.75) is 19.6 Å². The van der Waals surface area contributed by atoms with Gasteiger partial charge >= 0.3 is 6.16 Å². The molecule has 0 spiro atoms. The highest BCUT2D eigenvalue weighted by atomic mass is 16.7. The number of allylic oxidation sites excluding steroid dienone is 1. The van der Waals surface area contributed by atoms with Gasteiger partial charge in [-0.25, -0.2) is 4.79 Å². The van der Waals surface area contributed by atoms with Crippen LogP contribution in [0.2, 0.25) is 0 Å². The number of ether oxygens (including phenoxy) is 2. The molecule has 0 radical (unpaired) electrons. The normalized spacial score (nSPS) is 12.0. The fraction of sp³-hybridized carbons (Fsp3) is 0.167. The fourth-order valence-corrected chi connectivity index (χ4v) is 1.89. The molecule has 0 aromatic heterocycles. The lowest BCUT2D eigenvalue weighted by atomic mass is 10.1. The summed E-state index contributed by atoms with van der Waals surface area (Å²) in [6, 6.07) is 19.1. The van der Waals surface area contributed by atoms with E-state index in [2.05, 4.69) is 0 Å². The molecule has 1 atom stereocenters. The van der Waals surface area contributed by atoms with Crippen LogP contribution in [-0.2, 0) is 16.1 Å². The molecule has 0 N–H and O–H groups in total. The zero-order valence-corrected chi connectivity index (χ0v) is 11.9. The molecule has 0 aliphatic carbocycles. The van der Waals surface area contributed by atoms with Gasteiger partial charge in [0.1, 0.15) is 12.7 Å². The number of carbonyl (C=O) groups is 1. The van der Waals surface area contributed by atoms with Gasteiger partial charge in [-0.2, -0.15) is 0 Å². The lowest BCUT2D eigenvalue weighted by Crippen LogP contribution is -2.11. The van der Waals surface area contributed by atoms with Crippen LogP contribution in [0.5, 0.6) is 0 Å². The molecule has 0 bridgehead atoms. The maximum Gasteiger partial charge on any atom is 0.509 e. The predicted molar refractivity (Wildman–Crippen MR) is 81.7 cm³/mol. The van der Waals surface area contributed by atoms with Crippen molar-refractivity contribution in [1.29, 1.82) is 0 Å². The van der Waals surface area contributed by atoms with Gasteiger partial charge in [-0.3, -0.25) is 0 Å². The predicted octanol–water partition coefficient (Wildman–Crippen LogP) is 4.66. The third-order valence-electron chi connectivity index (χ3n) is 2.92. The molecule has 0 aliphatic rings. The fourth-order valence-electron chi connectivity index (χ4n) is 1.89. The Kier molecular flexibility index (Phi) is 5.59. The van der Waals surface area contributed by atoms with Crippen LogP contribution in [0, 0.1) is 0 Å². The third-order valence-corrected chi connectivity index (χ3v) is 2.92. The zero-order chi connectivity index (χ0) is 14.9. The Balaban J connectivity index is 1.93. The van der Waals surface area contributed by atoms with Crippen molar-refractivity contribution in [3.8, 4) is 0 Å². The van der Waals surface area contributed by atoms with Gasteiger partial charge < -0.3 is 9.47 Å². The average Bonchev–Trinajstić information content (AvgIpc) is 2.54. The van der Waals surface area contributed by atoms with Crippen molar-refractivity contribution >= 4 is 6.16 Å². The molecule has 108 valence electrons. The SMILES string of the molecule is C/C=C/[C@H](OC(=O)OCc1ccccc1)c1ccccc1. The van der Waals surface area contributed by atoms with Crippen molar-refractivity contribution in [2.24, 2.45) is 0 Å². The van der Waals surface area contributed by atoms with Gasteiger partial charge in [0.25, 0.3) is 0 Å². The molecule has 3 heteroatoms. The number of hydrogen-bond acceptors (Lipinski definition) is 3. The molecule has 0 heterocycles. The van der Waals surface area contributed by atoms with Gasteiger partial charge in [-0.05, 0) is 24.1 Å². The second-order valence-electron chi connectivity index (χ2n) is 4.50. The molecule has 0 amide bonds. The monoisotopic (exact) mass is 282 g/mol. The van der Waals surface area contributed by atoms with Gasteiger partial charge in [-0.15, -0.1) is 0 Å². The second-order valence-corrected chi connectivity index (χ2v) is 4.50. The van der Waals surface area contributed by atoms with E-state index in [1.54, 1.807) is 0 Å². The first-order valence-electron chi connectivity index (χ1n) is 6.84. The van der Waals surface area contributed by atoms with E-state index in [1.165, 1.54) is 0 Å². The Morgan fingerprint density at radius 3 is 2.29 bits per heavy atom. The molecular weight excluding hydrogens is 264 g/mol. The Labute approximate surface area is 124 Å². The van der Waals surface area contributed by atoms with Crippen molar-refractivity contribution in [2.75, 3.05) is 0 Å². The quantitative estimate of drug-likeness (QED) is 0.591. The van der Waals surface area contributed by atoms with Crippen molar-refractivity contribution in [3.05, 3.63) is 83.9 Å². The Morgan fingerprint density at radius 1 is 1.05 bits per heavy atom. The van der Waals surface area contributed by atoms with E-state index in [4.69, 9.17) is 9.47 Å². The van der Waals surface area contributed by atoms with E-state index in [9.17, 15) is 4.79 Å². The second kappa shape index (κ2) is 7.90. The average molecular weight is 282 g/mol. The number of carbonyl (C=O) groups excluding carboxylic acids is 1. The van der Waals surface area contributed by atoms with Crippen LogP contribution < -0.4 is 0 Å². The number of rotatable bonds is 5. The summed E-state index contributed by atoms with van der Waals surface area (Å²) in [7, 11) is 0. The van der Waals surface area contributed by atoms with Crippen LogP contribution in [0.25, 0.3) is 0 Å². The first-order valence-corrected chi connectivity index (χ1v) is 6.84. The van der Waals surface area contributed by atoms with Crippen LogP contribution in [0.1, 0.15) is 24.2 Å². The molecule has 2 aromatic rings. The number of benzene rings is 2. The topological polar surface area (TPSA) is 35.5 Å². The lowest BCUT2D eigenvalue weighted by Gasteiger charge is -2.14. The molecule has 0 fully saturated rings. The van der Waals surface area contributed by atoms with Crippen molar-refractivity contribution in [3.63, 3.8) is 0 Å². The van der Waals surface area contributed by atoms with E-state index in [0.29, 0.717) is 0 Å². The highest BCUT2D eigenvalue weighted by Crippen LogP contribution is 2.19. The van der Waals surface area contributed by atoms with Gasteiger partial charge in [-0.1, -0.05) is 66.7 Å². The van der Waals surface area contributed by atoms with Crippen LogP contribution in [0.4, 0.5) is 4.79 Å². The summed E-state index contributed by atoms with van der Waals surface area (Å²) in [5, 5.41) is 0. The van der Waals surface area contributed by atoms with Crippen LogP contribution in [-0.4, -0.2) is 6.16 Å². The van der Waals surface area contributed by atoms with E-state index in [-0.39, 0.29) is 6.61 Å². The van der Waals surface area contributed by atoms with Crippen LogP contribution in [0.15, 0.2) is 72.8 Å². The van der Waals surface area contributed by atoms with Gasteiger partial charge in [0, 0.05) is 0 Å². The van der Waals surface area contributed by atoms with E-state index >= 15 is 0 Å². The van der Waals surface area contributed by atoms with E-state index in [0.717, 1.165) is 11.1 Å². The molecule has 0 saturated heterocycles. The van der Waals surface area contributed by atoms with Crippen molar-refractivity contribution < 1.29 is 14.3 Å². The van der Waals surface area contributed by atoms with E-state index < -0.39 is 12.3 Å². The van der Waals surface area contributed by atoms with Crippen molar-refractivity contribution in [1.82, 2.24) is 0 Å². The summed E-state index contributed by atoms with van der Waals surface area (Å²) in [5.74, 6) is 0. The highest BCUT2D eigenvalue weighted by Gasteiger charge is 2.14. The Bertz CT molecular complexity index is 576. The molecule has 21 heavy (non-hydrogen) atoms. The summed E-state index contributed by atoms with van der Waals surface area (Å²) in [6.07, 6.45) is 2.56. The summed E-state index contributed by atoms with van der Waals surface area (Å²) >= 11 is 0. The summed E-state index contributed by atoms with van der Waals surface area (Å²) in [4.78, 5) is 11.8. The largest absolute Gasteiger partial charge is 0.509 e. The van der Waals surface area contributed by atoms with Gasteiger partial charge in [0.2, 0.25) is 0 Å². The minimum atomic E-state index is -0.675. The minimum Gasteiger partial charge on any atom is -0.429 e. The molecule has 0 aliphatic heterocycles. The summed E-state index contributed by atoms with van der Waals surface area (Å²) in [6.45, 7) is 2.09. The molecule has 3 nitrogen and oxygen atoms in total. The standard InChI is InChI=1S/C18H18O3/c1-2-9-17(16-12-7-4-8-13-16)21-18(19)20-14-15-10-5-3-6-11-15/h2-13,17H,14H2,1H3/b9-2+/t17-/m0/s1. The highest BCUT2D eigenvalue weighted by molar-refractivity contribution is 5.60. The molecule has 2 aromatic carbocycles.